The van der Waals surface area contributed by atoms with Crippen molar-refractivity contribution in [1.82, 2.24) is 16.1 Å². The van der Waals surface area contributed by atoms with Gasteiger partial charge < -0.3 is 20.1 Å². The van der Waals surface area contributed by atoms with Crippen molar-refractivity contribution in [3.63, 3.8) is 0 Å². The summed E-state index contributed by atoms with van der Waals surface area (Å²) in [7, 11) is 0. The van der Waals surface area contributed by atoms with Crippen LogP contribution in [0.4, 0.5) is 0 Å². The van der Waals surface area contributed by atoms with Crippen molar-refractivity contribution in [2.75, 3.05) is 39.5 Å². The third kappa shape index (κ3) is 15.2. The molecule has 1 rings (SSSR count). The number of Topliss-reactive ketones (excluding diaryl/α,β-unsaturated/α-hetero) is 1. The number of benzene rings is 1. The van der Waals surface area contributed by atoms with Crippen LogP contribution in [0.1, 0.15) is 50.2 Å². The van der Waals surface area contributed by atoms with E-state index in [0.717, 1.165) is 25.7 Å². The Kier molecular flexibility index (Phi) is 15.8. The molecule has 0 aliphatic heterocycles. The summed E-state index contributed by atoms with van der Waals surface area (Å²) in [4.78, 5) is 34.9. The number of ketones is 1. The fourth-order valence-corrected chi connectivity index (χ4v) is 3.09. The number of nitrogens with one attached hydrogen (secondary N) is 3. The van der Waals surface area contributed by atoms with Crippen LogP contribution >= 0.6 is 0 Å². The molecule has 0 bridgehead atoms. The molecule has 0 spiro atoms. The van der Waals surface area contributed by atoms with Gasteiger partial charge in [0.2, 0.25) is 11.8 Å². The fraction of sp³-hybridized carbons (Fsp3) is 0.625. The Hall–Kier alpha value is -2.33. The Morgan fingerprint density at radius 1 is 0.939 bits per heavy atom. The number of amides is 2. The van der Waals surface area contributed by atoms with Gasteiger partial charge in [-0.1, -0.05) is 29.8 Å². The van der Waals surface area contributed by atoms with Gasteiger partial charge in [0.1, 0.15) is 6.61 Å². The van der Waals surface area contributed by atoms with E-state index in [-0.39, 0.29) is 24.2 Å². The molecule has 1 unspecified atom stereocenters. The molecule has 0 heterocycles. The zero-order valence-electron chi connectivity index (χ0n) is 20.0. The zero-order chi connectivity index (χ0) is 24.3. The van der Waals surface area contributed by atoms with Gasteiger partial charge >= 0.3 is 0 Å². The lowest BCUT2D eigenvalue weighted by atomic mass is 10.1. The van der Waals surface area contributed by atoms with E-state index in [1.807, 2.05) is 0 Å². The molecule has 0 aromatic heterocycles. The van der Waals surface area contributed by atoms with Gasteiger partial charge in [0.15, 0.2) is 5.78 Å². The summed E-state index contributed by atoms with van der Waals surface area (Å²) < 4.78 is 10.4. The Morgan fingerprint density at radius 3 is 2.36 bits per heavy atom. The molecule has 1 aromatic rings. The van der Waals surface area contributed by atoms with Crippen molar-refractivity contribution < 1.29 is 23.9 Å². The third-order valence-corrected chi connectivity index (χ3v) is 4.97. The number of hydrogen-bond acceptors (Lipinski definition) is 7. The van der Waals surface area contributed by atoms with Crippen molar-refractivity contribution >= 4 is 17.6 Å². The van der Waals surface area contributed by atoms with Gasteiger partial charge in [0.05, 0.1) is 25.9 Å². The number of aryl methyl sites for hydroxylation is 2. The van der Waals surface area contributed by atoms with Gasteiger partial charge in [-0.3, -0.25) is 20.2 Å². The Bertz CT molecular complexity index is 697. The standard InChI is InChI=1S/C24H40N4O5/c1-19-9-11-21(12-10-19)6-5-8-23(30)26-13-4-3-7-22(28-25)24(31)27-14-15-32-16-17-33-18-20(2)29/h9-12,22,28H,3-8,13-18,25H2,1-2H3,(H,26,30)(H,27,31). The molecule has 0 aliphatic carbocycles. The highest BCUT2D eigenvalue weighted by Crippen LogP contribution is 2.07. The maximum atomic E-state index is 12.2. The average molecular weight is 465 g/mol. The molecule has 0 saturated heterocycles. The Labute approximate surface area is 197 Å². The van der Waals surface area contributed by atoms with Gasteiger partial charge in [0.25, 0.3) is 0 Å². The van der Waals surface area contributed by atoms with E-state index in [2.05, 4.69) is 47.2 Å². The summed E-state index contributed by atoms with van der Waals surface area (Å²) in [6, 6.07) is 7.89. The van der Waals surface area contributed by atoms with Crippen molar-refractivity contribution in [1.29, 1.82) is 0 Å². The minimum atomic E-state index is -0.492. The molecule has 0 radical (unpaired) electrons. The summed E-state index contributed by atoms with van der Waals surface area (Å²) in [6.07, 6.45) is 4.34. The lowest BCUT2D eigenvalue weighted by Gasteiger charge is -2.16. The maximum absolute atomic E-state index is 12.2. The second kappa shape index (κ2) is 18.1. The lowest BCUT2D eigenvalue weighted by molar-refractivity contribution is -0.124. The number of carbonyl (C=O) groups excluding carboxylic acids is 3. The van der Waals surface area contributed by atoms with E-state index in [1.54, 1.807) is 0 Å². The number of hydrogen-bond donors (Lipinski definition) is 4. The van der Waals surface area contributed by atoms with E-state index >= 15 is 0 Å². The molecule has 186 valence electrons. The summed E-state index contributed by atoms with van der Waals surface area (Å²) >= 11 is 0. The number of carbonyl (C=O) groups is 3. The van der Waals surface area contributed by atoms with Crippen LogP contribution in [0.15, 0.2) is 24.3 Å². The number of unbranched alkanes of at least 4 members (excludes halogenated alkanes) is 1. The van der Waals surface area contributed by atoms with Gasteiger partial charge in [-0.05, 0) is 51.5 Å². The first kappa shape index (κ1) is 28.7. The monoisotopic (exact) mass is 464 g/mol. The van der Waals surface area contributed by atoms with Crippen LogP contribution in [0.3, 0.4) is 0 Å². The van der Waals surface area contributed by atoms with Crippen LogP contribution in [0.25, 0.3) is 0 Å². The van der Waals surface area contributed by atoms with E-state index in [0.29, 0.717) is 45.8 Å². The van der Waals surface area contributed by atoms with Crippen LogP contribution < -0.4 is 21.9 Å². The predicted molar refractivity (Wildman–Crippen MR) is 127 cm³/mol. The van der Waals surface area contributed by atoms with E-state index < -0.39 is 6.04 Å². The van der Waals surface area contributed by atoms with E-state index in [4.69, 9.17) is 15.3 Å². The van der Waals surface area contributed by atoms with Gasteiger partial charge in [-0.15, -0.1) is 0 Å². The summed E-state index contributed by atoms with van der Waals surface area (Å²) in [5.74, 6) is 5.34. The minimum Gasteiger partial charge on any atom is -0.377 e. The largest absolute Gasteiger partial charge is 0.377 e. The molecule has 1 aromatic carbocycles. The second-order valence-corrected chi connectivity index (χ2v) is 8.06. The molecule has 0 saturated carbocycles. The quantitative estimate of drug-likeness (QED) is 0.137. The molecule has 5 N–H and O–H groups in total. The first-order valence-corrected chi connectivity index (χ1v) is 11.6. The molecule has 9 heteroatoms. The van der Waals surface area contributed by atoms with Gasteiger partial charge in [-0.25, -0.2) is 5.43 Å². The number of hydrazine groups is 1. The number of nitrogens with two attached hydrogens (primary N) is 1. The fourth-order valence-electron chi connectivity index (χ4n) is 3.09. The van der Waals surface area contributed by atoms with Crippen LogP contribution in [0.5, 0.6) is 0 Å². The minimum absolute atomic E-state index is 0.0288. The SMILES string of the molecule is CC(=O)COCCOCCNC(=O)C(CCCCNC(=O)CCCc1ccc(C)cc1)NN. The molecular weight excluding hydrogens is 424 g/mol. The summed E-state index contributed by atoms with van der Waals surface area (Å²) in [5, 5.41) is 5.70. The lowest BCUT2D eigenvalue weighted by Crippen LogP contribution is -2.48. The number of ether oxygens (including phenoxy) is 2. The molecule has 0 aliphatic rings. The summed E-state index contributed by atoms with van der Waals surface area (Å²) in [5.41, 5.74) is 5.02. The molecular formula is C24H40N4O5. The van der Waals surface area contributed by atoms with Gasteiger partial charge in [-0.2, -0.15) is 0 Å². The van der Waals surface area contributed by atoms with Crippen molar-refractivity contribution in [3.8, 4) is 0 Å². The van der Waals surface area contributed by atoms with E-state index in [1.165, 1.54) is 18.1 Å². The molecule has 33 heavy (non-hydrogen) atoms. The highest BCUT2D eigenvalue weighted by Gasteiger charge is 2.15. The van der Waals surface area contributed by atoms with Crippen molar-refractivity contribution in [3.05, 3.63) is 35.4 Å². The predicted octanol–water partition coefficient (Wildman–Crippen LogP) is 1.17. The molecule has 0 fully saturated rings. The van der Waals surface area contributed by atoms with E-state index in [9.17, 15) is 14.4 Å². The first-order valence-electron chi connectivity index (χ1n) is 11.6. The first-order chi connectivity index (χ1) is 15.9. The highest BCUT2D eigenvalue weighted by atomic mass is 16.5. The highest BCUT2D eigenvalue weighted by molar-refractivity contribution is 5.81. The number of rotatable bonds is 19. The average Bonchev–Trinajstić information content (AvgIpc) is 2.79. The maximum Gasteiger partial charge on any atom is 0.238 e. The summed E-state index contributed by atoms with van der Waals surface area (Å²) in [6.45, 7) is 5.60. The zero-order valence-corrected chi connectivity index (χ0v) is 20.0. The van der Waals surface area contributed by atoms with Gasteiger partial charge in [0, 0.05) is 19.5 Å². The Morgan fingerprint density at radius 2 is 1.67 bits per heavy atom. The molecule has 9 nitrogen and oxygen atoms in total. The van der Waals surface area contributed by atoms with Crippen molar-refractivity contribution in [2.24, 2.45) is 5.84 Å². The topological polar surface area (TPSA) is 132 Å². The van der Waals surface area contributed by atoms with Crippen LogP contribution in [-0.2, 0) is 30.3 Å². The van der Waals surface area contributed by atoms with Crippen molar-refractivity contribution in [2.45, 2.75) is 58.4 Å². The molecule has 1 atom stereocenters. The smallest absolute Gasteiger partial charge is 0.238 e. The third-order valence-electron chi connectivity index (χ3n) is 4.97. The van der Waals surface area contributed by atoms with Crippen LogP contribution in [0, 0.1) is 6.92 Å². The Balaban J connectivity index is 2.02. The normalized spacial score (nSPS) is 11.7. The molecule has 2 amide bonds. The van der Waals surface area contributed by atoms with Crippen LogP contribution in [0.2, 0.25) is 0 Å². The second-order valence-electron chi connectivity index (χ2n) is 8.06. The van der Waals surface area contributed by atoms with Crippen LogP contribution in [-0.4, -0.2) is 63.2 Å².